The monoisotopic (exact) mass is 231 g/mol. The predicted octanol–water partition coefficient (Wildman–Crippen LogP) is 1.46. The lowest BCUT2D eigenvalue weighted by Gasteiger charge is -2.09. The summed E-state index contributed by atoms with van der Waals surface area (Å²) in [5.41, 5.74) is 15.8. The first kappa shape index (κ1) is 11.7. The smallest absolute Gasteiger partial charge is 0.106 e. The zero-order valence-electron chi connectivity index (χ0n) is 9.89. The fraction of sp³-hybridized carbons (Fsp3) is 0.308. The minimum absolute atomic E-state index is 0.145. The lowest BCUT2D eigenvalue weighted by atomic mass is 10.0. The summed E-state index contributed by atoms with van der Waals surface area (Å²) in [6.45, 7) is 0. The molecule has 0 spiro atoms. The van der Waals surface area contributed by atoms with Crippen molar-refractivity contribution in [1.29, 1.82) is 0 Å². The van der Waals surface area contributed by atoms with Crippen LogP contribution in [-0.2, 0) is 11.3 Å². The lowest BCUT2D eigenvalue weighted by Crippen LogP contribution is -2.08. The average molecular weight is 231 g/mol. The molecule has 1 unspecified atom stereocenters. The number of benzene rings is 1. The number of rotatable bonds is 3. The first-order valence-electron chi connectivity index (χ1n) is 5.63. The molecule has 0 saturated heterocycles. The van der Waals surface area contributed by atoms with E-state index in [-0.39, 0.29) is 6.04 Å². The van der Waals surface area contributed by atoms with Crippen LogP contribution >= 0.6 is 0 Å². The van der Waals surface area contributed by atoms with Gasteiger partial charge in [-0.15, -0.1) is 0 Å². The molecule has 1 atom stereocenters. The molecule has 0 aliphatic heterocycles. The van der Waals surface area contributed by atoms with E-state index < -0.39 is 0 Å². The van der Waals surface area contributed by atoms with Gasteiger partial charge >= 0.3 is 0 Å². The molecule has 17 heavy (non-hydrogen) atoms. The highest BCUT2D eigenvalue weighted by Crippen LogP contribution is 2.26. The Morgan fingerprint density at radius 2 is 2.24 bits per heavy atom. The molecule has 1 aliphatic carbocycles. The molecule has 0 radical (unpaired) electrons. The molecule has 4 nitrogen and oxygen atoms in total. The Kier molecular flexibility index (Phi) is 3.44. The van der Waals surface area contributed by atoms with Crippen molar-refractivity contribution in [3.8, 4) is 0 Å². The van der Waals surface area contributed by atoms with Crippen LogP contribution in [-0.4, -0.2) is 12.8 Å². The highest BCUT2D eigenvalue weighted by atomic mass is 16.6. The third kappa shape index (κ3) is 2.31. The van der Waals surface area contributed by atoms with E-state index in [9.17, 15) is 0 Å². The van der Waals surface area contributed by atoms with Gasteiger partial charge in [0, 0.05) is 11.6 Å². The van der Waals surface area contributed by atoms with Crippen LogP contribution in [0.2, 0.25) is 0 Å². The maximum absolute atomic E-state index is 5.97. The standard InChI is InChI=1S/C13H17N3O/c1-17-16-13-5-3-9-8-10(2-4-11(9)13)12(15)6-7-14/h2,4,6-8,12H,3,5,14-15H2,1H3/b7-6-,16-13+. The second kappa shape index (κ2) is 5.01. The van der Waals surface area contributed by atoms with Gasteiger partial charge in [0.2, 0.25) is 0 Å². The van der Waals surface area contributed by atoms with Gasteiger partial charge in [-0.05, 0) is 36.2 Å². The number of aryl methyl sites for hydroxylation is 1. The summed E-state index contributed by atoms with van der Waals surface area (Å²) in [4.78, 5) is 4.83. The van der Waals surface area contributed by atoms with Gasteiger partial charge in [0.05, 0.1) is 5.71 Å². The summed E-state index contributed by atoms with van der Waals surface area (Å²) in [5.74, 6) is 0. The maximum Gasteiger partial charge on any atom is 0.106 e. The largest absolute Gasteiger partial charge is 0.405 e. The lowest BCUT2D eigenvalue weighted by molar-refractivity contribution is 0.213. The zero-order chi connectivity index (χ0) is 12.3. The van der Waals surface area contributed by atoms with Gasteiger partial charge in [-0.2, -0.15) is 0 Å². The fourth-order valence-electron chi connectivity index (χ4n) is 2.13. The van der Waals surface area contributed by atoms with E-state index in [4.69, 9.17) is 16.3 Å². The fourth-order valence-corrected chi connectivity index (χ4v) is 2.13. The number of oxime groups is 1. The Hall–Kier alpha value is -1.81. The summed E-state index contributed by atoms with van der Waals surface area (Å²) >= 11 is 0. The molecule has 0 bridgehead atoms. The normalized spacial score (nSPS) is 18.6. The maximum atomic E-state index is 5.97. The van der Waals surface area contributed by atoms with Crippen molar-refractivity contribution >= 4 is 5.71 Å². The van der Waals surface area contributed by atoms with Crippen molar-refractivity contribution in [2.24, 2.45) is 16.6 Å². The molecule has 4 N–H and O–H groups in total. The molecule has 0 fully saturated rings. The predicted molar refractivity (Wildman–Crippen MR) is 68.6 cm³/mol. The van der Waals surface area contributed by atoms with Gasteiger partial charge in [-0.1, -0.05) is 23.4 Å². The van der Waals surface area contributed by atoms with Crippen LogP contribution in [0, 0.1) is 0 Å². The molecule has 90 valence electrons. The van der Waals surface area contributed by atoms with Gasteiger partial charge in [0.1, 0.15) is 7.11 Å². The van der Waals surface area contributed by atoms with Gasteiger partial charge in [0.15, 0.2) is 0 Å². The summed E-state index contributed by atoms with van der Waals surface area (Å²) < 4.78 is 0. The third-order valence-electron chi connectivity index (χ3n) is 2.98. The Morgan fingerprint density at radius 1 is 1.41 bits per heavy atom. The average Bonchev–Trinajstić information content (AvgIpc) is 2.73. The first-order valence-corrected chi connectivity index (χ1v) is 5.63. The second-order valence-electron chi connectivity index (χ2n) is 4.05. The topological polar surface area (TPSA) is 73.6 Å². The minimum Gasteiger partial charge on any atom is -0.405 e. The molecule has 1 aromatic rings. The molecule has 1 aliphatic rings. The third-order valence-corrected chi connectivity index (χ3v) is 2.98. The Bertz CT molecular complexity index is 466. The highest BCUT2D eigenvalue weighted by Gasteiger charge is 2.19. The quantitative estimate of drug-likeness (QED) is 0.773. The van der Waals surface area contributed by atoms with Crippen LogP contribution in [0.1, 0.15) is 29.2 Å². The van der Waals surface area contributed by atoms with E-state index >= 15 is 0 Å². The van der Waals surface area contributed by atoms with Gasteiger partial charge in [-0.25, -0.2) is 0 Å². The van der Waals surface area contributed by atoms with Crippen molar-refractivity contribution in [3.05, 3.63) is 47.2 Å². The van der Waals surface area contributed by atoms with Crippen LogP contribution in [0.5, 0.6) is 0 Å². The molecule has 2 rings (SSSR count). The summed E-state index contributed by atoms with van der Waals surface area (Å²) in [7, 11) is 1.57. The van der Waals surface area contributed by atoms with E-state index in [1.165, 1.54) is 17.3 Å². The molecule has 0 heterocycles. The van der Waals surface area contributed by atoms with Crippen LogP contribution < -0.4 is 11.5 Å². The van der Waals surface area contributed by atoms with E-state index in [2.05, 4.69) is 17.3 Å². The molecule has 4 heteroatoms. The van der Waals surface area contributed by atoms with Crippen molar-refractivity contribution in [1.82, 2.24) is 0 Å². The Morgan fingerprint density at radius 3 is 2.94 bits per heavy atom. The van der Waals surface area contributed by atoms with Crippen LogP contribution in [0.3, 0.4) is 0 Å². The second-order valence-corrected chi connectivity index (χ2v) is 4.05. The molecular formula is C13H17N3O. The molecule has 1 aromatic carbocycles. The number of nitrogens with two attached hydrogens (primary N) is 2. The zero-order valence-corrected chi connectivity index (χ0v) is 9.89. The Labute approximate surface area is 101 Å². The highest BCUT2D eigenvalue weighted by molar-refractivity contribution is 6.04. The van der Waals surface area contributed by atoms with E-state index in [1.54, 1.807) is 13.2 Å². The van der Waals surface area contributed by atoms with Gasteiger partial charge in [0.25, 0.3) is 0 Å². The number of hydrogen-bond donors (Lipinski definition) is 2. The van der Waals surface area contributed by atoms with Crippen molar-refractivity contribution < 1.29 is 4.84 Å². The van der Waals surface area contributed by atoms with Crippen LogP contribution in [0.25, 0.3) is 0 Å². The van der Waals surface area contributed by atoms with E-state index in [1.807, 2.05) is 6.07 Å². The van der Waals surface area contributed by atoms with Crippen molar-refractivity contribution in [2.75, 3.05) is 7.11 Å². The Balaban J connectivity index is 2.31. The number of fused-ring (bicyclic) bond motifs is 1. The first-order chi connectivity index (χ1) is 8.26. The van der Waals surface area contributed by atoms with Gasteiger partial charge < -0.3 is 16.3 Å². The van der Waals surface area contributed by atoms with E-state index in [0.717, 1.165) is 24.1 Å². The summed E-state index contributed by atoms with van der Waals surface area (Å²) in [5, 5.41) is 4.03. The van der Waals surface area contributed by atoms with Gasteiger partial charge in [-0.3, -0.25) is 0 Å². The van der Waals surface area contributed by atoms with Crippen LogP contribution in [0.4, 0.5) is 0 Å². The number of nitrogens with zero attached hydrogens (tertiary/aromatic N) is 1. The van der Waals surface area contributed by atoms with Crippen molar-refractivity contribution in [2.45, 2.75) is 18.9 Å². The van der Waals surface area contributed by atoms with Crippen LogP contribution in [0.15, 0.2) is 35.6 Å². The molecule has 0 amide bonds. The summed E-state index contributed by atoms with van der Waals surface area (Å²) in [6, 6.07) is 6.05. The van der Waals surface area contributed by atoms with Crippen molar-refractivity contribution in [3.63, 3.8) is 0 Å². The molecular weight excluding hydrogens is 214 g/mol. The SMILES string of the molecule is CO/N=C1\CCc2cc(C(N)/C=C\N)ccc21. The molecule has 0 saturated carbocycles. The van der Waals surface area contributed by atoms with E-state index in [0.29, 0.717) is 0 Å². The minimum atomic E-state index is -0.145. The molecule has 0 aromatic heterocycles. The summed E-state index contributed by atoms with van der Waals surface area (Å²) in [6.07, 6.45) is 5.18. The number of hydrogen-bond acceptors (Lipinski definition) is 4.